The molecule has 1 atom stereocenters. The number of ether oxygens (including phenoxy) is 1. The summed E-state index contributed by atoms with van der Waals surface area (Å²) in [5.74, 6) is -0.178. The van der Waals surface area contributed by atoms with Crippen LogP contribution in [0.2, 0.25) is 0 Å². The van der Waals surface area contributed by atoms with Crippen LogP contribution >= 0.6 is 0 Å². The van der Waals surface area contributed by atoms with Gasteiger partial charge in [-0.3, -0.25) is 0 Å². The van der Waals surface area contributed by atoms with Crippen LogP contribution in [0.3, 0.4) is 0 Å². The molecule has 19 heavy (non-hydrogen) atoms. The maximum atomic E-state index is 12.6. The highest BCUT2D eigenvalue weighted by atomic mass is 19.4. The minimum Gasteiger partial charge on any atom is -0.382 e. The number of benzene rings is 1. The molecule has 108 valence electrons. The van der Waals surface area contributed by atoms with Gasteiger partial charge in [-0.15, -0.1) is 0 Å². The molecule has 2 nitrogen and oxygen atoms in total. The predicted octanol–water partition coefficient (Wildman–Crippen LogP) is 3.50. The Morgan fingerprint density at radius 1 is 1.26 bits per heavy atom. The minimum atomic E-state index is -4.37. The highest BCUT2D eigenvalue weighted by Crippen LogP contribution is 2.36. The average Bonchev–Trinajstić information content (AvgIpc) is 2.27. The molecule has 0 aromatic heterocycles. The van der Waals surface area contributed by atoms with Crippen LogP contribution in [0.1, 0.15) is 30.5 Å². The molecule has 0 spiro atoms. The Morgan fingerprint density at radius 3 is 2.21 bits per heavy atom. The van der Waals surface area contributed by atoms with Crippen molar-refractivity contribution in [2.24, 2.45) is 5.92 Å². The topological polar surface area (TPSA) is 29.5 Å². The molecule has 0 saturated carbocycles. The molecule has 0 aliphatic rings. The molecule has 0 saturated heterocycles. The first-order chi connectivity index (χ1) is 8.63. The third-order valence-electron chi connectivity index (χ3n) is 3.34. The van der Waals surface area contributed by atoms with E-state index in [0.717, 1.165) is 12.1 Å². The second kappa shape index (κ2) is 5.51. The largest absolute Gasteiger partial charge is 0.416 e. The summed E-state index contributed by atoms with van der Waals surface area (Å²) in [6.45, 7) is 5.21. The Kier molecular flexibility index (Phi) is 4.63. The zero-order valence-corrected chi connectivity index (χ0v) is 11.5. The van der Waals surface area contributed by atoms with Gasteiger partial charge in [-0.1, -0.05) is 19.9 Å². The summed E-state index contributed by atoms with van der Waals surface area (Å²) in [4.78, 5) is 0. The number of halogens is 3. The average molecular weight is 276 g/mol. The quantitative estimate of drug-likeness (QED) is 0.912. The van der Waals surface area contributed by atoms with Crippen molar-refractivity contribution in [3.8, 4) is 0 Å². The number of methoxy groups -OCH3 is 1. The lowest BCUT2D eigenvalue weighted by Crippen LogP contribution is -2.37. The lowest BCUT2D eigenvalue weighted by atomic mass is 9.81. The number of aliphatic hydroxyl groups is 1. The van der Waals surface area contributed by atoms with E-state index >= 15 is 0 Å². The summed E-state index contributed by atoms with van der Waals surface area (Å²) in [7, 11) is 1.45. The van der Waals surface area contributed by atoms with Crippen molar-refractivity contribution in [2.45, 2.75) is 32.5 Å². The van der Waals surface area contributed by atoms with Crippen molar-refractivity contribution >= 4 is 0 Å². The molecule has 5 heteroatoms. The Balaban J connectivity index is 3.28. The van der Waals surface area contributed by atoms with E-state index in [1.807, 2.05) is 0 Å². The first-order valence-electron chi connectivity index (χ1n) is 6.02. The van der Waals surface area contributed by atoms with Crippen molar-refractivity contribution in [1.29, 1.82) is 0 Å². The van der Waals surface area contributed by atoms with Gasteiger partial charge in [0.1, 0.15) is 5.60 Å². The number of aryl methyl sites for hydroxylation is 1. The first kappa shape index (κ1) is 16.0. The normalized spacial score (nSPS) is 15.6. The molecule has 0 fully saturated rings. The predicted molar refractivity (Wildman–Crippen MR) is 66.8 cm³/mol. The van der Waals surface area contributed by atoms with Crippen molar-refractivity contribution < 1.29 is 23.0 Å². The fourth-order valence-electron chi connectivity index (χ4n) is 2.10. The van der Waals surface area contributed by atoms with E-state index in [4.69, 9.17) is 4.74 Å². The number of hydrogen-bond donors (Lipinski definition) is 1. The van der Waals surface area contributed by atoms with Crippen LogP contribution in [-0.2, 0) is 16.5 Å². The Labute approximate surface area is 111 Å². The number of hydrogen-bond acceptors (Lipinski definition) is 2. The molecule has 1 aromatic rings. The standard InChI is InChI=1S/C14H19F3O2/c1-9(2)13(18,8-19-4)12-6-5-11(7-10(12)3)14(15,16)17/h5-7,9,18H,8H2,1-4H3. The second-order valence-corrected chi connectivity index (χ2v) is 5.04. The minimum absolute atomic E-state index is 0.0386. The maximum absolute atomic E-state index is 12.6. The van der Waals surface area contributed by atoms with Crippen LogP contribution < -0.4 is 0 Å². The summed E-state index contributed by atoms with van der Waals surface area (Å²) in [6, 6.07) is 3.38. The fraction of sp³-hybridized carbons (Fsp3) is 0.571. The summed E-state index contributed by atoms with van der Waals surface area (Å²) in [6.07, 6.45) is -4.37. The smallest absolute Gasteiger partial charge is 0.382 e. The van der Waals surface area contributed by atoms with E-state index in [1.54, 1.807) is 20.8 Å². The molecule has 1 unspecified atom stereocenters. The van der Waals surface area contributed by atoms with Gasteiger partial charge < -0.3 is 9.84 Å². The molecule has 1 N–H and O–H groups in total. The third kappa shape index (κ3) is 3.28. The van der Waals surface area contributed by atoms with Gasteiger partial charge in [0.25, 0.3) is 0 Å². The molecule has 0 amide bonds. The van der Waals surface area contributed by atoms with Gasteiger partial charge in [-0.25, -0.2) is 0 Å². The molecule has 0 bridgehead atoms. The van der Waals surface area contributed by atoms with Gasteiger partial charge in [0.15, 0.2) is 0 Å². The van der Waals surface area contributed by atoms with Crippen molar-refractivity contribution in [1.82, 2.24) is 0 Å². The van der Waals surface area contributed by atoms with Gasteiger partial charge in [0.2, 0.25) is 0 Å². The summed E-state index contributed by atoms with van der Waals surface area (Å²) >= 11 is 0. The lowest BCUT2D eigenvalue weighted by molar-refractivity contribution is -0.137. The Hall–Kier alpha value is -1.07. The van der Waals surface area contributed by atoms with Crippen LogP contribution in [0.4, 0.5) is 13.2 Å². The van der Waals surface area contributed by atoms with E-state index in [2.05, 4.69) is 0 Å². The van der Waals surface area contributed by atoms with Gasteiger partial charge in [-0.05, 0) is 36.1 Å². The van der Waals surface area contributed by atoms with E-state index in [0.29, 0.717) is 11.1 Å². The lowest BCUT2D eigenvalue weighted by Gasteiger charge is -2.33. The SMILES string of the molecule is COCC(O)(c1ccc(C(F)(F)F)cc1C)C(C)C. The number of rotatable bonds is 4. The fourth-order valence-corrected chi connectivity index (χ4v) is 2.10. The van der Waals surface area contributed by atoms with E-state index in [9.17, 15) is 18.3 Å². The van der Waals surface area contributed by atoms with Crippen LogP contribution in [-0.4, -0.2) is 18.8 Å². The van der Waals surface area contributed by atoms with Crippen molar-refractivity contribution in [3.63, 3.8) is 0 Å². The van der Waals surface area contributed by atoms with Crippen LogP contribution in [0.25, 0.3) is 0 Å². The maximum Gasteiger partial charge on any atom is 0.416 e. The zero-order valence-electron chi connectivity index (χ0n) is 11.5. The van der Waals surface area contributed by atoms with Crippen LogP contribution in [0, 0.1) is 12.8 Å². The molecule has 0 radical (unpaired) electrons. The Morgan fingerprint density at radius 2 is 1.84 bits per heavy atom. The van der Waals surface area contributed by atoms with Gasteiger partial charge in [0.05, 0.1) is 12.2 Å². The third-order valence-corrected chi connectivity index (χ3v) is 3.34. The summed E-state index contributed by atoms with van der Waals surface area (Å²) in [5.41, 5.74) is -1.12. The van der Waals surface area contributed by atoms with Gasteiger partial charge in [-0.2, -0.15) is 13.2 Å². The van der Waals surface area contributed by atoms with Crippen molar-refractivity contribution in [3.05, 3.63) is 34.9 Å². The van der Waals surface area contributed by atoms with Gasteiger partial charge in [0, 0.05) is 7.11 Å². The van der Waals surface area contributed by atoms with Crippen molar-refractivity contribution in [2.75, 3.05) is 13.7 Å². The summed E-state index contributed by atoms with van der Waals surface area (Å²) in [5, 5.41) is 10.6. The summed E-state index contributed by atoms with van der Waals surface area (Å²) < 4.78 is 42.8. The van der Waals surface area contributed by atoms with Gasteiger partial charge >= 0.3 is 6.18 Å². The molecule has 0 aliphatic carbocycles. The monoisotopic (exact) mass is 276 g/mol. The molecular weight excluding hydrogens is 257 g/mol. The van der Waals surface area contributed by atoms with E-state index < -0.39 is 17.3 Å². The highest BCUT2D eigenvalue weighted by molar-refractivity contribution is 5.36. The first-order valence-corrected chi connectivity index (χ1v) is 6.02. The molecular formula is C14H19F3O2. The molecule has 1 rings (SSSR count). The Bertz CT molecular complexity index is 441. The second-order valence-electron chi connectivity index (χ2n) is 5.04. The van der Waals surface area contributed by atoms with E-state index in [1.165, 1.54) is 13.2 Å². The number of alkyl halides is 3. The van der Waals surface area contributed by atoms with E-state index in [-0.39, 0.29) is 12.5 Å². The zero-order chi connectivity index (χ0) is 14.8. The molecule has 0 heterocycles. The molecule has 0 aliphatic heterocycles. The molecule has 1 aromatic carbocycles. The van der Waals surface area contributed by atoms with Crippen LogP contribution in [0.5, 0.6) is 0 Å². The van der Waals surface area contributed by atoms with Crippen LogP contribution in [0.15, 0.2) is 18.2 Å². The highest BCUT2D eigenvalue weighted by Gasteiger charge is 2.36.